The van der Waals surface area contributed by atoms with Crippen LogP contribution in [0.4, 0.5) is 11.4 Å². The van der Waals surface area contributed by atoms with Crippen molar-refractivity contribution >= 4 is 40.8 Å². The summed E-state index contributed by atoms with van der Waals surface area (Å²) in [4.78, 5) is 35.1. The van der Waals surface area contributed by atoms with Crippen LogP contribution in [-0.4, -0.2) is 38.1 Å². The number of rotatable bonds is 8. The highest BCUT2D eigenvalue weighted by Crippen LogP contribution is 2.27. The molecule has 0 aromatic heterocycles. The number of amides is 2. The van der Waals surface area contributed by atoms with Gasteiger partial charge >= 0.3 is 5.97 Å². The first-order valence-corrected chi connectivity index (χ1v) is 8.96. The summed E-state index contributed by atoms with van der Waals surface area (Å²) in [5.74, 6) is -0.670. The normalized spacial score (nSPS) is 10.1. The molecular weight excluding hydrogens is 400 g/mol. The van der Waals surface area contributed by atoms with Crippen LogP contribution in [0, 0.1) is 6.92 Å². The first kappa shape index (κ1) is 22.0. The van der Waals surface area contributed by atoms with Gasteiger partial charge in [-0.2, -0.15) is 0 Å². The van der Waals surface area contributed by atoms with E-state index < -0.39 is 18.5 Å². The molecule has 0 aliphatic rings. The molecular formula is C20H21ClN2O6. The van der Waals surface area contributed by atoms with Crippen molar-refractivity contribution in [3.05, 3.63) is 47.0 Å². The number of halogens is 1. The Labute approximate surface area is 173 Å². The number of hydrogen-bond acceptors (Lipinski definition) is 6. The lowest BCUT2D eigenvalue weighted by Gasteiger charge is -2.13. The molecule has 2 aromatic carbocycles. The van der Waals surface area contributed by atoms with Gasteiger partial charge in [0.05, 0.1) is 12.8 Å². The maximum absolute atomic E-state index is 12.1. The molecule has 2 rings (SSSR count). The number of nitrogens with one attached hydrogen (secondary N) is 2. The molecule has 2 amide bonds. The van der Waals surface area contributed by atoms with E-state index in [1.807, 2.05) is 6.92 Å². The van der Waals surface area contributed by atoms with Gasteiger partial charge < -0.3 is 24.8 Å². The predicted octanol–water partition coefficient (Wildman–Crippen LogP) is 3.18. The standard InChI is InChI=1S/C20H21ClN2O6/c1-12-8-15(5-6-16(12)21)28-11-20(26)29-10-19(25)23-17-9-14(22-13(2)24)4-7-18(17)27-3/h4-9H,10-11H2,1-3H3,(H,22,24)(H,23,25). The van der Waals surface area contributed by atoms with E-state index in [1.54, 1.807) is 30.3 Å². The summed E-state index contributed by atoms with van der Waals surface area (Å²) >= 11 is 5.93. The highest BCUT2D eigenvalue weighted by atomic mass is 35.5. The molecule has 0 fully saturated rings. The highest BCUT2D eigenvalue weighted by molar-refractivity contribution is 6.31. The third-order valence-corrected chi connectivity index (χ3v) is 4.07. The number of ether oxygens (including phenoxy) is 3. The van der Waals surface area contributed by atoms with Crippen molar-refractivity contribution in [2.75, 3.05) is 31.0 Å². The second-order valence-corrected chi connectivity index (χ2v) is 6.41. The van der Waals surface area contributed by atoms with Crippen LogP contribution in [0.15, 0.2) is 36.4 Å². The van der Waals surface area contributed by atoms with Crippen LogP contribution in [0.25, 0.3) is 0 Å². The third kappa shape index (κ3) is 7.00. The fourth-order valence-electron chi connectivity index (χ4n) is 2.31. The minimum absolute atomic E-state index is 0.253. The van der Waals surface area contributed by atoms with Crippen LogP contribution >= 0.6 is 11.6 Å². The number of methoxy groups -OCH3 is 1. The first-order valence-electron chi connectivity index (χ1n) is 8.58. The lowest BCUT2D eigenvalue weighted by molar-refractivity contribution is -0.149. The number of aryl methyl sites for hydroxylation is 1. The number of carbonyl (C=O) groups is 3. The summed E-state index contributed by atoms with van der Waals surface area (Å²) in [6.45, 7) is 2.33. The van der Waals surface area contributed by atoms with Crippen molar-refractivity contribution in [3.63, 3.8) is 0 Å². The van der Waals surface area contributed by atoms with E-state index in [9.17, 15) is 14.4 Å². The van der Waals surface area contributed by atoms with Gasteiger partial charge in [-0.05, 0) is 48.9 Å². The first-order chi connectivity index (χ1) is 13.8. The molecule has 2 N–H and O–H groups in total. The number of benzene rings is 2. The van der Waals surface area contributed by atoms with Crippen LogP contribution in [-0.2, 0) is 19.1 Å². The van der Waals surface area contributed by atoms with Crippen LogP contribution in [0.2, 0.25) is 5.02 Å². The van der Waals surface area contributed by atoms with Gasteiger partial charge in [0.15, 0.2) is 13.2 Å². The van der Waals surface area contributed by atoms with E-state index >= 15 is 0 Å². The molecule has 0 unspecified atom stereocenters. The summed E-state index contributed by atoms with van der Waals surface area (Å²) in [5, 5.41) is 5.77. The molecule has 154 valence electrons. The largest absolute Gasteiger partial charge is 0.495 e. The number of carbonyl (C=O) groups excluding carboxylic acids is 3. The Morgan fingerprint density at radius 2 is 1.79 bits per heavy atom. The summed E-state index contributed by atoms with van der Waals surface area (Å²) in [7, 11) is 1.44. The Bertz CT molecular complexity index is 916. The van der Waals surface area contributed by atoms with Crippen LogP contribution in [0.3, 0.4) is 0 Å². The maximum atomic E-state index is 12.1. The van der Waals surface area contributed by atoms with Crippen molar-refractivity contribution in [3.8, 4) is 11.5 Å². The third-order valence-electron chi connectivity index (χ3n) is 3.64. The van der Waals surface area contributed by atoms with Crippen molar-refractivity contribution in [2.24, 2.45) is 0 Å². The van der Waals surface area contributed by atoms with E-state index in [0.717, 1.165) is 5.56 Å². The molecule has 0 heterocycles. The highest BCUT2D eigenvalue weighted by Gasteiger charge is 2.12. The summed E-state index contributed by atoms with van der Waals surface area (Å²) in [6, 6.07) is 9.74. The Morgan fingerprint density at radius 1 is 1.03 bits per heavy atom. The fourth-order valence-corrected chi connectivity index (χ4v) is 2.43. The van der Waals surface area contributed by atoms with Gasteiger partial charge in [-0.25, -0.2) is 4.79 Å². The topological polar surface area (TPSA) is 103 Å². The lowest BCUT2D eigenvalue weighted by Crippen LogP contribution is -2.24. The number of hydrogen-bond donors (Lipinski definition) is 2. The smallest absolute Gasteiger partial charge is 0.344 e. The molecule has 0 saturated carbocycles. The fraction of sp³-hybridized carbons (Fsp3) is 0.250. The Kier molecular flexibility index (Phi) is 7.85. The zero-order valence-corrected chi connectivity index (χ0v) is 17.0. The zero-order valence-electron chi connectivity index (χ0n) is 16.2. The molecule has 0 atom stereocenters. The Balaban J connectivity index is 1.86. The second-order valence-electron chi connectivity index (χ2n) is 6.00. The molecule has 0 aliphatic carbocycles. The van der Waals surface area contributed by atoms with Gasteiger partial charge in [0.2, 0.25) is 5.91 Å². The molecule has 0 spiro atoms. The van der Waals surface area contributed by atoms with Gasteiger partial charge in [0.1, 0.15) is 11.5 Å². The molecule has 8 nitrogen and oxygen atoms in total. The van der Waals surface area contributed by atoms with E-state index in [2.05, 4.69) is 10.6 Å². The Morgan fingerprint density at radius 3 is 2.45 bits per heavy atom. The molecule has 29 heavy (non-hydrogen) atoms. The Hall–Kier alpha value is -3.26. The average Bonchev–Trinajstić information content (AvgIpc) is 2.67. The molecule has 2 aromatic rings. The van der Waals surface area contributed by atoms with Crippen LogP contribution < -0.4 is 20.1 Å². The lowest BCUT2D eigenvalue weighted by atomic mass is 10.2. The van der Waals surface area contributed by atoms with E-state index in [-0.39, 0.29) is 12.5 Å². The molecule has 0 saturated heterocycles. The van der Waals surface area contributed by atoms with Gasteiger partial charge in [-0.15, -0.1) is 0 Å². The average molecular weight is 421 g/mol. The maximum Gasteiger partial charge on any atom is 0.344 e. The monoisotopic (exact) mass is 420 g/mol. The molecule has 0 aliphatic heterocycles. The summed E-state index contributed by atoms with van der Waals surface area (Å²) in [5.41, 5.74) is 1.62. The van der Waals surface area contributed by atoms with Crippen LogP contribution in [0.1, 0.15) is 12.5 Å². The zero-order chi connectivity index (χ0) is 21.4. The molecule has 0 bridgehead atoms. The van der Waals surface area contributed by atoms with Gasteiger partial charge in [0, 0.05) is 17.6 Å². The second kappa shape index (κ2) is 10.3. The minimum atomic E-state index is -0.702. The molecule has 9 heteroatoms. The number of anilines is 2. The summed E-state index contributed by atoms with van der Waals surface area (Å²) < 4.78 is 15.4. The van der Waals surface area contributed by atoms with E-state index in [1.165, 1.54) is 20.1 Å². The predicted molar refractivity (Wildman–Crippen MR) is 109 cm³/mol. The molecule has 0 radical (unpaired) electrons. The van der Waals surface area contributed by atoms with Crippen molar-refractivity contribution < 1.29 is 28.6 Å². The summed E-state index contributed by atoms with van der Waals surface area (Å²) in [6.07, 6.45) is 0. The minimum Gasteiger partial charge on any atom is -0.495 e. The van der Waals surface area contributed by atoms with Crippen LogP contribution in [0.5, 0.6) is 11.5 Å². The SMILES string of the molecule is COc1ccc(NC(C)=O)cc1NC(=O)COC(=O)COc1ccc(Cl)c(C)c1. The van der Waals surface area contributed by atoms with Gasteiger partial charge in [0.25, 0.3) is 5.91 Å². The van der Waals surface area contributed by atoms with E-state index in [0.29, 0.717) is 27.9 Å². The van der Waals surface area contributed by atoms with Crippen molar-refractivity contribution in [1.82, 2.24) is 0 Å². The van der Waals surface area contributed by atoms with E-state index in [4.69, 9.17) is 25.8 Å². The van der Waals surface area contributed by atoms with Crippen molar-refractivity contribution in [2.45, 2.75) is 13.8 Å². The van der Waals surface area contributed by atoms with Gasteiger partial charge in [-0.1, -0.05) is 11.6 Å². The number of esters is 1. The quantitative estimate of drug-likeness (QED) is 0.636. The van der Waals surface area contributed by atoms with Crippen molar-refractivity contribution in [1.29, 1.82) is 0 Å². The van der Waals surface area contributed by atoms with Gasteiger partial charge in [-0.3, -0.25) is 9.59 Å².